The van der Waals surface area contributed by atoms with E-state index in [-0.39, 0.29) is 17.8 Å². The van der Waals surface area contributed by atoms with Gasteiger partial charge >= 0.3 is 0 Å². The van der Waals surface area contributed by atoms with E-state index in [1.807, 2.05) is 25.1 Å². The Morgan fingerprint density at radius 2 is 2.07 bits per heavy atom. The van der Waals surface area contributed by atoms with Gasteiger partial charge in [0.15, 0.2) is 23.0 Å². The first-order valence-corrected chi connectivity index (χ1v) is 9.50. The van der Waals surface area contributed by atoms with E-state index < -0.39 is 12.0 Å². The number of hydrogen-bond acceptors (Lipinski definition) is 6. The van der Waals surface area contributed by atoms with Gasteiger partial charge in [-0.25, -0.2) is 5.43 Å². The second kappa shape index (κ2) is 8.43. The van der Waals surface area contributed by atoms with Gasteiger partial charge in [-0.15, -0.1) is 0 Å². The minimum atomic E-state index is -0.798. The van der Waals surface area contributed by atoms with Crippen molar-refractivity contribution >= 4 is 12.1 Å². The smallest absolute Gasteiger partial charge is 0.284 e. The summed E-state index contributed by atoms with van der Waals surface area (Å²) in [5.74, 6) is 1.18. The molecule has 7 nitrogen and oxygen atoms in total. The number of carbonyl (C=O) groups excluding carboxylic acids is 1. The number of carbonyl (C=O) groups is 1. The summed E-state index contributed by atoms with van der Waals surface area (Å²) in [6, 6.07) is 10.6. The van der Waals surface area contributed by atoms with Gasteiger partial charge in [-0.3, -0.25) is 4.79 Å². The third-order valence-electron chi connectivity index (χ3n) is 4.43. The number of ether oxygens (including phenoxy) is 3. The lowest BCUT2D eigenvalue weighted by Gasteiger charge is -2.27. The molecule has 0 aliphatic carbocycles. The predicted octanol–water partition coefficient (Wildman–Crippen LogP) is 3.38. The van der Waals surface area contributed by atoms with Gasteiger partial charge in [0.25, 0.3) is 5.91 Å². The van der Waals surface area contributed by atoms with Crippen molar-refractivity contribution in [1.29, 1.82) is 0 Å². The maximum Gasteiger partial charge on any atom is 0.284 e. The second-order valence-electron chi connectivity index (χ2n) is 7.72. The van der Waals surface area contributed by atoms with Crippen LogP contribution in [0.3, 0.4) is 0 Å². The standard InChI is InChI=1S/C22H26N2O5/c1-5-27-18-10-14(6-8-16(18)25)12-23-24-21(26)20-13-28-17-9-7-15(22(2,3)4)11-19(17)29-20/h6-12,20,25H,5,13H2,1-4H3,(H,24,26)/b23-12+/t20-/m0/s1. The van der Waals surface area contributed by atoms with Crippen LogP contribution in [0, 0.1) is 0 Å². The SMILES string of the molecule is CCOc1cc(/C=N/NC(=O)[C@@H]2COc3ccc(C(C)(C)C)cc3O2)ccc1O. The van der Waals surface area contributed by atoms with Crippen molar-refractivity contribution in [3.8, 4) is 23.0 Å². The van der Waals surface area contributed by atoms with Crippen molar-refractivity contribution in [2.75, 3.05) is 13.2 Å². The third-order valence-corrected chi connectivity index (χ3v) is 4.43. The van der Waals surface area contributed by atoms with Crippen molar-refractivity contribution in [1.82, 2.24) is 5.43 Å². The lowest BCUT2D eigenvalue weighted by molar-refractivity contribution is -0.130. The quantitative estimate of drug-likeness (QED) is 0.595. The Morgan fingerprint density at radius 1 is 1.28 bits per heavy atom. The summed E-state index contributed by atoms with van der Waals surface area (Å²) >= 11 is 0. The van der Waals surface area contributed by atoms with Gasteiger partial charge < -0.3 is 19.3 Å². The molecule has 0 fully saturated rings. The molecule has 0 bridgehead atoms. The van der Waals surface area contributed by atoms with E-state index in [2.05, 4.69) is 31.3 Å². The molecule has 0 saturated carbocycles. The van der Waals surface area contributed by atoms with Crippen LogP contribution in [0.2, 0.25) is 0 Å². The van der Waals surface area contributed by atoms with Gasteiger partial charge in [-0.1, -0.05) is 26.8 Å². The highest BCUT2D eigenvalue weighted by molar-refractivity contribution is 5.85. The van der Waals surface area contributed by atoms with Crippen LogP contribution in [0.4, 0.5) is 0 Å². The fourth-order valence-corrected chi connectivity index (χ4v) is 2.79. The third kappa shape index (κ3) is 4.99. The highest BCUT2D eigenvalue weighted by atomic mass is 16.6. The van der Waals surface area contributed by atoms with Crippen molar-refractivity contribution < 1.29 is 24.1 Å². The highest BCUT2D eigenvalue weighted by Gasteiger charge is 2.28. The van der Waals surface area contributed by atoms with Crippen LogP contribution in [0.25, 0.3) is 0 Å². The number of amides is 1. The Bertz CT molecular complexity index is 918. The molecule has 154 valence electrons. The molecule has 0 unspecified atom stereocenters. The Hall–Kier alpha value is -3.22. The van der Waals surface area contributed by atoms with Crippen LogP contribution < -0.4 is 19.6 Å². The first-order chi connectivity index (χ1) is 13.8. The fourth-order valence-electron chi connectivity index (χ4n) is 2.79. The zero-order valence-corrected chi connectivity index (χ0v) is 17.1. The summed E-state index contributed by atoms with van der Waals surface area (Å²) in [5, 5.41) is 13.7. The maximum atomic E-state index is 12.4. The van der Waals surface area contributed by atoms with Crippen molar-refractivity contribution in [2.24, 2.45) is 5.10 Å². The number of aromatic hydroxyl groups is 1. The second-order valence-corrected chi connectivity index (χ2v) is 7.72. The van der Waals surface area contributed by atoms with Crippen LogP contribution >= 0.6 is 0 Å². The summed E-state index contributed by atoms with van der Waals surface area (Å²) in [5.41, 5.74) is 4.19. The molecule has 1 atom stereocenters. The molecule has 1 heterocycles. The van der Waals surface area contributed by atoms with Gasteiger partial charge in [-0.2, -0.15) is 5.10 Å². The van der Waals surface area contributed by atoms with Crippen LogP contribution in [0.15, 0.2) is 41.5 Å². The number of phenolic OH excluding ortho intramolecular Hbond substituents is 1. The molecule has 2 aromatic carbocycles. The molecule has 2 aromatic rings. The monoisotopic (exact) mass is 398 g/mol. The molecule has 0 aromatic heterocycles. The first kappa shape index (κ1) is 20.5. The topological polar surface area (TPSA) is 89.4 Å². The molecule has 2 N–H and O–H groups in total. The van der Waals surface area contributed by atoms with E-state index in [0.29, 0.717) is 29.4 Å². The minimum Gasteiger partial charge on any atom is -0.504 e. The molecular weight excluding hydrogens is 372 g/mol. The van der Waals surface area contributed by atoms with E-state index in [1.54, 1.807) is 12.1 Å². The first-order valence-electron chi connectivity index (χ1n) is 9.50. The van der Waals surface area contributed by atoms with Crippen LogP contribution in [-0.2, 0) is 10.2 Å². The molecule has 1 amide bonds. The van der Waals surface area contributed by atoms with Gasteiger partial charge in [0.2, 0.25) is 6.10 Å². The number of nitrogens with one attached hydrogen (secondary N) is 1. The van der Waals surface area contributed by atoms with Crippen LogP contribution in [0.5, 0.6) is 23.0 Å². The van der Waals surface area contributed by atoms with Crippen LogP contribution in [0.1, 0.15) is 38.8 Å². The zero-order valence-electron chi connectivity index (χ0n) is 17.1. The number of benzene rings is 2. The number of nitrogens with zero attached hydrogens (tertiary/aromatic N) is 1. The summed E-state index contributed by atoms with van der Waals surface area (Å²) < 4.78 is 16.8. The molecule has 0 spiro atoms. The predicted molar refractivity (Wildman–Crippen MR) is 110 cm³/mol. The van der Waals surface area contributed by atoms with E-state index in [0.717, 1.165) is 5.56 Å². The average molecular weight is 398 g/mol. The van der Waals surface area contributed by atoms with Gasteiger partial charge in [0.05, 0.1) is 12.8 Å². The molecule has 0 radical (unpaired) electrons. The Kier molecular flexibility index (Phi) is 5.96. The molecule has 1 aliphatic heterocycles. The van der Waals surface area contributed by atoms with E-state index >= 15 is 0 Å². The molecule has 3 rings (SSSR count). The summed E-state index contributed by atoms with van der Waals surface area (Å²) in [7, 11) is 0. The largest absolute Gasteiger partial charge is 0.504 e. The zero-order chi connectivity index (χ0) is 21.0. The fraction of sp³-hybridized carbons (Fsp3) is 0.364. The summed E-state index contributed by atoms with van der Waals surface area (Å²) in [6.07, 6.45) is 0.670. The Labute approximate surface area is 170 Å². The lowest BCUT2D eigenvalue weighted by Crippen LogP contribution is -2.42. The molecular formula is C22H26N2O5. The number of hydrogen-bond donors (Lipinski definition) is 2. The highest BCUT2D eigenvalue weighted by Crippen LogP contribution is 2.36. The Morgan fingerprint density at radius 3 is 2.79 bits per heavy atom. The van der Waals surface area contributed by atoms with Crippen molar-refractivity contribution in [2.45, 2.75) is 39.2 Å². The number of rotatable bonds is 5. The molecule has 1 aliphatic rings. The molecule has 29 heavy (non-hydrogen) atoms. The van der Waals surface area contributed by atoms with Crippen LogP contribution in [-0.4, -0.2) is 36.5 Å². The number of hydrazone groups is 1. The lowest BCUT2D eigenvalue weighted by atomic mass is 9.87. The van der Waals surface area contributed by atoms with E-state index in [9.17, 15) is 9.90 Å². The Balaban J connectivity index is 1.64. The average Bonchev–Trinajstić information content (AvgIpc) is 2.69. The van der Waals surface area contributed by atoms with E-state index in [1.165, 1.54) is 12.3 Å². The molecule has 0 saturated heterocycles. The van der Waals surface area contributed by atoms with Crippen molar-refractivity contribution in [3.05, 3.63) is 47.5 Å². The minimum absolute atomic E-state index is 0.0393. The summed E-state index contributed by atoms with van der Waals surface area (Å²) in [4.78, 5) is 12.4. The maximum absolute atomic E-state index is 12.4. The van der Waals surface area contributed by atoms with Gasteiger partial charge in [0, 0.05) is 0 Å². The van der Waals surface area contributed by atoms with Gasteiger partial charge in [0.1, 0.15) is 6.61 Å². The van der Waals surface area contributed by atoms with Gasteiger partial charge in [-0.05, 0) is 53.8 Å². The van der Waals surface area contributed by atoms with E-state index in [4.69, 9.17) is 14.2 Å². The normalized spacial score (nSPS) is 15.9. The molecule has 7 heteroatoms. The number of fused-ring (bicyclic) bond motifs is 1. The summed E-state index contributed by atoms with van der Waals surface area (Å²) in [6.45, 7) is 8.70. The van der Waals surface area contributed by atoms with Crippen molar-refractivity contribution in [3.63, 3.8) is 0 Å². The number of phenols is 1.